The van der Waals surface area contributed by atoms with E-state index in [1.54, 1.807) is 49.9 Å². The molecule has 2 bridgehead atoms. The predicted octanol–water partition coefficient (Wildman–Crippen LogP) is 1.77. The Balaban J connectivity index is 1.33. The second-order valence-electron chi connectivity index (χ2n) is 13.3. The highest BCUT2D eigenvalue weighted by atomic mass is 16.6. The highest BCUT2D eigenvalue weighted by Gasteiger charge is 2.46. The predicted molar refractivity (Wildman–Crippen MR) is 188 cm³/mol. The van der Waals surface area contributed by atoms with Crippen LogP contribution in [0, 0.1) is 0 Å². The summed E-state index contributed by atoms with van der Waals surface area (Å²) in [6, 6.07) is 13.5. The number of fused-ring (bicyclic) bond motifs is 15. The molecule has 0 unspecified atom stereocenters. The van der Waals surface area contributed by atoms with Gasteiger partial charge >= 0.3 is 6.09 Å². The maximum atomic E-state index is 14.2. The Labute approximate surface area is 298 Å². The van der Waals surface area contributed by atoms with E-state index in [-0.39, 0.29) is 31.7 Å². The van der Waals surface area contributed by atoms with E-state index in [4.69, 9.17) is 14.2 Å². The van der Waals surface area contributed by atoms with E-state index in [1.165, 1.54) is 0 Å². The molecule has 3 atom stereocenters. The zero-order chi connectivity index (χ0) is 36.4. The van der Waals surface area contributed by atoms with Gasteiger partial charge in [-0.15, -0.1) is 0 Å². The largest absolute Gasteiger partial charge is 0.492 e. The Bertz CT molecular complexity index is 1510. The second kappa shape index (κ2) is 17.4. The number of rotatable bonds is 4. The molecule has 0 radical (unpaired) electrons. The van der Waals surface area contributed by atoms with Crippen LogP contribution in [-0.2, 0) is 30.3 Å². The van der Waals surface area contributed by atoms with E-state index in [0.29, 0.717) is 57.1 Å². The van der Waals surface area contributed by atoms with Gasteiger partial charge in [0, 0.05) is 51.5 Å². The minimum atomic E-state index is -1.26. The number of benzene rings is 2. The van der Waals surface area contributed by atoms with Crippen molar-refractivity contribution in [1.29, 1.82) is 0 Å². The molecule has 4 aliphatic rings. The molecular weight excluding hydrogens is 656 g/mol. The van der Waals surface area contributed by atoms with E-state index in [2.05, 4.69) is 26.2 Å². The molecule has 14 heteroatoms. The Morgan fingerprint density at radius 2 is 1.47 bits per heavy atom. The van der Waals surface area contributed by atoms with Gasteiger partial charge in [-0.1, -0.05) is 30.3 Å². The van der Waals surface area contributed by atoms with Gasteiger partial charge < -0.3 is 40.4 Å². The lowest BCUT2D eigenvalue weighted by Crippen LogP contribution is -2.62. The summed E-state index contributed by atoms with van der Waals surface area (Å²) in [5.74, 6) is -0.863. The maximum Gasteiger partial charge on any atom is 0.409 e. The van der Waals surface area contributed by atoms with Crippen LogP contribution in [0.1, 0.15) is 52.0 Å². The van der Waals surface area contributed by atoms with E-state index in [0.717, 1.165) is 18.4 Å². The van der Waals surface area contributed by atoms with Crippen LogP contribution in [-0.4, -0.2) is 115 Å². The number of piperidine rings is 2. The summed E-state index contributed by atoms with van der Waals surface area (Å²) in [6.45, 7) is 8.07. The van der Waals surface area contributed by atoms with Crippen molar-refractivity contribution in [1.82, 2.24) is 31.1 Å². The van der Waals surface area contributed by atoms with Gasteiger partial charge in [-0.25, -0.2) is 4.79 Å². The van der Waals surface area contributed by atoms with E-state index in [1.807, 2.05) is 30.3 Å². The van der Waals surface area contributed by atoms with Crippen LogP contribution in [0.4, 0.5) is 4.79 Å². The molecule has 4 N–H and O–H groups in total. The summed E-state index contributed by atoms with van der Waals surface area (Å²) in [5, 5.41) is 11.1. The molecule has 0 aliphatic carbocycles. The highest BCUT2D eigenvalue weighted by Crippen LogP contribution is 2.33. The SMILES string of the molecule is CCOC(=O)N1CCC(N2CCC3(CC2)Oc2ccc(cc2)OCCNC(=O)[C@H](C)NC(=O)[C@H](Cc2ccccc2)NC(=O)[C@H](C)NC3=O)CC1. The van der Waals surface area contributed by atoms with E-state index in [9.17, 15) is 24.0 Å². The minimum Gasteiger partial charge on any atom is -0.492 e. The third-order valence-electron chi connectivity index (χ3n) is 9.74. The van der Waals surface area contributed by atoms with Crippen molar-refractivity contribution >= 4 is 29.7 Å². The second-order valence-corrected chi connectivity index (χ2v) is 13.3. The molecule has 2 saturated heterocycles. The molecule has 14 nitrogen and oxygen atoms in total. The summed E-state index contributed by atoms with van der Waals surface area (Å²) < 4.78 is 17.5. The number of hydrogen-bond donors (Lipinski definition) is 4. The van der Waals surface area contributed by atoms with Crippen LogP contribution < -0.4 is 30.7 Å². The van der Waals surface area contributed by atoms with Gasteiger partial charge in [-0.2, -0.15) is 0 Å². The number of likely N-dealkylation sites (tertiary alicyclic amines) is 2. The standard InChI is InChI=1S/C37H50N6O8/c1-4-49-36(48)43-19-14-28(15-20-43)42-21-16-37(17-22-42)35(47)40-26(3)33(45)41-31(24-27-8-6-5-7-9-27)34(46)39-25(2)32(44)38-18-23-50-29-10-12-30(51-37)13-11-29/h5-13,25-26,28,31H,4,14-24H2,1-3H3,(H,38,44)(H,39,46)(H,40,47)(H,41,45)/t25-,26-,31-/m0/s1. The number of amides is 5. The van der Waals surface area contributed by atoms with Gasteiger partial charge in [0.1, 0.15) is 36.2 Å². The lowest BCUT2D eigenvalue weighted by atomic mass is 9.87. The van der Waals surface area contributed by atoms with E-state index < -0.39 is 47.4 Å². The Hall–Kier alpha value is -4.85. The van der Waals surface area contributed by atoms with Crippen LogP contribution in [0.2, 0.25) is 0 Å². The summed E-state index contributed by atoms with van der Waals surface area (Å²) in [4.78, 5) is 70.2. The third kappa shape index (κ3) is 9.90. The zero-order valence-electron chi connectivity index (χ0n) is 29.7. The van der Waals surface area contributed by atoms with Crippen LogP contribution in [0.25, 0.3) is 0 Å². The first-order valence-corrected chi connectivity index (χ1v) is 17.9. The quantitative estimate of drug-likeness (QED) is 0.347. The molecule has 2 aromatic rings. The molecule has 0 aromatic heterocycles. The molecule has 1 spiro atoms. The zero-order valence-corrected chi connectivity index (χ0v) is 29.7. The van der Waals surface area contributed by atoms with Crippen molar-refractivity contribution in [2.75, 3.05) is 45.9 Å². The van der Waals surface area contributed by atoms with Gasteiger partial charge in [0.05, 0.1) is 13.2 Å². The van der Waals surface area contributed by atoms with Gasteiger partial charge in [-0.05, 0) is 63.4 Å². The highest BCUT2D eigenvalue weighted by molar-refractivity contribution is 5.95. The smallest absolute Gasteiger partial charge is 0.409 e. The molecule has 276 valence electrons. The first-order chi connectivity index (χ1) is 24.6. The van der Waals surface area contributed by atoms with Crippen molar-refractivity contribution in [3.63, 3.8) is 0 Å². The molecule has 2 aromatic carbocycles. The van der Waals surface area contributed by atoms with Crippen LogP contribution in [0.15, 0.2) is 54.6 Å². The number of carbonyl (C=O) groups is 5. The molecule has 4 heterocycles. The fraction of sp³-hybridized carbons (Fsp3) is 0.541. The molecule has 5 amide bonds. The number of hydrogen-bond acceptors (Lipinski definition) is 9. The van der Waals surface area contributed by atoms with Gasteiger partial charge in [0.25, 0.3) is 5.91 Å². The average Bonchev–Trinajstić information content (AvgIpc) is 3.14. The third-order valence-corrected chi connectivity index (χ3v) is 9.74. The number of carbonyl (C=O) groups excluding carboxylic acids is 5. The first-order valence-electron chi connectivity index (χ1n) is 17.9. The fourth-order valence-corrected chi connectivity index (χ4v) is 6.71. The lowest BCUT2D eigenvalue weighted by molar-refractivity contribution is -0.144. The summed E-state index contributed by atoms with van der Waals surface area (Å²) >= 11 is 0. The first kappa shape index (κ1) is 37.4. The van der Waals surface area contributed by atoms with Gasteiger partial charge in [-0.3, -0.25) is 24.1 Å². The molecule has 4 aliphatic heterocycles. The van der Waals surface area contributed by atoms with Crippen LogP contribution >= 0.6 is 0 Å². The minimum absolute atomic E-state index is 0.179. The summed E-state index contributed by atoms with van der Waals surface area (Å²) in [6.07, 6.45) is 2.25. The molecular formula is C37H50N6O8. The van der Waals surface area contributed by atoms with Gasteiger partial charge in [0.15, 0.2) is 5.60 Å². The van der Waals surface area contributed by atoms with Crippen molar-refractivity contribution in [2.45, 2.75) is 82.6 Å². The van der Waals surface area contributed by atoms with Crippen molar-refractivity contribution in [3.8, 4) is 11.5 Å². The van der Waals surface area contributed by atoms with Crippen molar-refractivity contribution in [3.05, 3.63) is 60.2 Å². The maximum absolute atomic E-state index is 14.2. The molecule has 51 heavy (non-hydrogen) atoms. The monoisotopic (exact) mass is 706 g/mol. The van der Waals surface area contributed by atoms with Crippen LogP contribution in [0.5, 0.6) is 11.5 Å². The number of nitrogens with zero attached hydrogens (tertiary/aromatic N) is 2. The van der Waals surface area contributed by atoms with Gasteiger partial charge in [0.2, 0.25) is 17.7 Å². The van der Waals surface area contributed by atoms with E-state index >= 15 is 0 Å². The Morgan fingerprint density at radius 3 is 2.14 bits per heavy atom. The van der Waals surface area contributed by atoms with Crippen molar-refractivity contribution in [2.24, 2.45) is 0 Å². The Morgan fingerprint density at radius 1 is 0.824 bits per heavy atom. The average molecular weight is 707 g/mol. The Kier molecular flexibility index (Phi) is 12.8. The molecule has 0 saturated carbocycles. The normalized spacial score (nSPS) is 24.3. The van der Waals surface area contributed by atoms with Crippen LogP contribution in [0.3, 0.4) is 0 Å². The lowest BCUT2D eigenvalue weighted by Gasteiger charge is -2.45. The summed E-state index contributed by atoms with van der Waals surface area (Å²) in [5.41, 5.74) is -0.449. The fourth-order valence-electron chi connectivity index (χ4n) is 6.71. The molecule has 6 rings (SSSR count). The topological polar surface area (TPSA) is 168 Å². The number of nitrogens with one attached hydrogen (secondary N) is 4. The molecule has 2 fully saturated rings. The van der Waals surface area contributed by atoms with Crippen molar-refractivity contribution < 1.29 is 38.2 Å². The summed E-state index contributed by atoms with van der Waals surface area (Å²) in [7, 11) is 0. The number of ether oxygens (including phenoxy) is 3.